The van der Waals surface area contributed by atoms with Crippen molar-refractivity contribution < 1.29 is 14.7 Å². The third kappa shape index (κ3) is 5.68. The van der Waals surface area contributed by atoms with Crippen LogP contribution in [0.3, 0.4) is 0 Å². The third-order valence-corrected chi connectivity index (χ3v) is 5.93. The largest absolute Gasteiger partial charge is 0.465 e. The molecule has 2 aromatic heterocycles. The average molecular weight is 449 g/mol. The molecule has 4 rings (SSSR count). The Morgan fingerprint density at radius 1 is 1.06 bits per heavy atom. The Balaban J connectivity index is 1.52. The first-order valence-electron chi connectivity index (χ1n) is 11.0. The molecule has 9 heteroatoms. The van der Waals surface area contributed by atoms with Gasteiger partial charge in [-0.05, 0) is 43.4 Å². The van der Waals surface area contributed by atoms with Gasteiger partial charge in [0.1, 0.15) is 5.82 Å². The first-order valence-corrected chi connectivity index (χ1v) is 11.0. The summed E-state index contributed by atoms with van der Waals surface area (Å²) in [6.07, 6.45) is 7.16. The van der Waals surface area contributed by atoms with Crippen molar-refractivity contribution in [1.29, 1.82) is 0 Å². The SMILES string of the molecule is Cn1cc(-c2ccc(N(C(=O)NCc3ccccc3)[C@H]3CC[C@H](NC(=O)O)CC3)nc2)cn1. The topological polar surface area (TPSA) is 112 Å². The predicted octanol–water partition coefficient (Wildman–Crippen LogP) is 3.78. The molecule has 33 heavy (non-hydrogen) atoms. The standard InChI is InChI=1S/C24H28N6O3/c1-29-16-19(15-27-29)18-7-12-22(25-14-18)30(21-10-8-20(9-11-21)28-24(32)33)23(31)26-13-17-5-3-2-4-6-17/h2-7,12,14-16,20-21,28H,8-11,13H2,1H3,(H,26,31)(H,32,33)/t20-,21-. The van der Waals surface area contributed by atoms with E-state index in [0.29, 0.717) is 38.0 Å². The second-order valence-corrected chi connectivity index (χ2v) is 8.28. The molecule has 0 radical (unpaired) electrons. The van der Waals surface area contributed by atoms with Crippen LogP contribution in [0.15, 0.2) is 61.1 Å². The van der Waals surface area contributed by atoms with Crippen LogP contribution in [-0.2, 0) is 13.6 Å². The molecule has 1 fully saturated rings. The summed E-state index contributed by atoms with van der Waals surface area (Å²) in [5, 5.41) is 18.8. The average Bonchev–Trinajstić information content (AvgIpc) is 3.26. The molecule has 3 N–H and O–H groups in total. The van der Waals surface area contributed by atoms with Crippen molar-refractivity contribution in [3.05, 3.63) is 66.6 Å². The van der Waals surface area contributed by atoms with Crippen LogP contribution in [0.2, 0.25) is 0 Å². The third-order valence-electron chi connectivity index (χ3n) is 5.93. The molecule has 3 amide bonds. The van der Waals surface area contributed by atoms with Crippen molar-refractivity contribution in [2.45, 2.75) is 44.3 Å². The number of carbonyl (C=O) groups is 2. The highest BCUT2D eigenvalue weighted by atomic mass is 16.4. The minimum absolute atomic E-state index is 0.0654. The number of nitrogens with zero attached hydrogens (tertiary/aromatic N) is 4. The Labute approximate surface area is 192 Å². The monoisotopic (exact) mass is 448 g/mol. The zero-order chi connectivity index (χ0) is 23.2. The van der Waals surface area contributed by atoms with Gasteiger partial charge in [0.05, 0.1) is 6.20 Å². The number of urea groups is 1. The molecule has 0 spiro atoms. The van der Waals surface area contributed by atoms with E-state index >= 15 is 0 Å². The summed E-state index contributed by atoms with van der Waals surface area (Å²) >= 11 is 0. The molecule has 1 aliphatic carbocycles. The summed E-state index contributed by atoms with van der Waals surface area (Å²) < 4.78 is 1.73. The Kier molecular flexibility index (Phi) is 6.87. The number of amides is 3. The summed E-state index contributed by atoms with van der Waals surface area (Å²) in [4.78, 5) is 30.6. The van der Waals surface area contributed by atoms with E-state index in [2.05, 4.69) is 20.7 Å². The zero-order valence-electron chi connectivity index (χ0n) is 18.5. The minimum Gasteiger partial charge on any atom is -0.465 e. The van der Waals surface area contributed by atoms with Gasteiger partial charge in [-0.25, -0.2) is 14.6 Å². The van der Waals surface area contributed by atoms with Crippen molar-refractivity contribution >= 4 is 17.9 Å². The van der Waals surface area contributed by atoms with Gasteiger partial charge < -0.3 is 15.7 Å². The molecule has 2 heterocycles. The molecule has 9 nitrogen and oxygen atoms in total. The first kappa shape index (κ1) is 22.3. The number of hydrogen-bond donors (Lipinski definition) is 3. The highest BCUT2D eigenvalue weighted by Crippen LogP contribution is 2.28. The highest BCUT2D eigenvalue weighted by Gasteiger charge is 2.31. The summed E-state index contributed by atoms with van der Waals surface area (Å²) in [6.45, 7) is 0.417. The van der Waals surface area contributed by atoms with Crippen LogP contribution in [0.4, 0.5) is 15.4 Å². The van der Waals surface area contributed by atoms with E-state index in [1.165, 1.54) is 0 Å². The van der Waals surface area contributed by atoms with E-state index in [1.807, 2.05) is 55.7 Å². The maximum absolute atomic E-state index is 13.3. The van der Waals surface area contributed by atoms with Gasteiger partial charge in [0.25, 0.3) is 0 Å². The zero-order valence-corrected chi connectivity index (χ0v) is 18.5. The van der Waals surface area contributed by atoms with Gasteiger partial charge in [-0.15, -0.1) is 0 Å². The molecule has 1 aromatic carbocycles. The molecular weight excluding hydrogens is 420 g/mol. The van der Waals surface area contributed by atoms with Crippen molar-refractivity contribution in [2.75, 3.05) is 4.90 Å². The van der Waals surface area contributed by atoms with Gasteiger partial charge in [0.2, 0.25) is 0 Å². The predicted molar refractivity (Wildman–Crippen MR) is 125 cm³/mol. The lowest BCUT2D eigenvalue weighted by Gasteiger charge is -2.36. The lowest BCUT2D eigenvalue weighted by atomic mass is 9.90. The van der Waals surface area contributed by atoms with Gasteiger partial charge in [0, 0.05) is 49.2 Å². The van der Waals surface area contributed by atoms with Crippen LogP contribution in [0.1, 0.15) is 31.2 Å². The number of aryl methyl sites for hydroxylation is 1. The van der Waals surface area contributed by atoms with Gasteiger partial charge in [0.15, 0.2) is 0 Å². The van der Waals surface area contributed by atoms with E-state index < -0.39 is 6.09 Å². The molecule has 0 bridgehead atoms. The maximum Gasteiger partial charge on any atom is 0.404 e. The Bertz CT molecular complexity index is 1080. The molecule has 1 saturated carbocycles. The number of carboxylic acid groups (broad SMARTS) is 1. The number of hydrogen-bond acceptors (Lipinski definition) is 4. The van der Waals surface area contributed by atoms with E-state index in [1.54, 1.807) is 22.0 Å². The highest BCUT2D eigenvalue weighted by molar-refractivity contribution is 5.91. The van der Waals surface area contributed by atoms with Crippen LogP contribution in [0, 0.1) is 0 Å². The number of nitrogens with one attached hydrogen (secondary N) is 2. The van der Waals surface area contributed by atoms with Crippen LogP contribution in [0.5, 0.6) is 0 Å². The number of pyridine rings is 1. The quantitative estimate of drug-likeness (QED) is 0.531. The molecule has 0 saturated heterocycles. The fourth-order valence-corrected chi connectivity index (χ4v) is 4.24. The fraction of sp³-hybridized carbons (Fsp3) is 0.333. The molecular formula is C24H28N6O3. The van der Waals surface area contributed by atoms with Crippen LogP contribution in [-0.4, -0.2) is 44.1 Å². The summed E-state index contributed by atoms with van der Waals surface area (Å²) in [7, 11) is 1.86. The summed E-state index contributed by atoms with van der Waals surface area (Å²) in [5.74, 6) is 0.572. The summed E-state index contributed by atoms with van der Waals surface area (Å²) in [6, 6.07) is 13.2. The fourth-order valence-electron chi connectivity index (χ4n) is 4.24. The molecule has 1 aliphatic rings. The number of aromatic nitrogens is 3. The minimum atomic E-state index is -1.01. The Morgan fingerprint density at radius 3 is 2.42 bits per heavy atom. The van der Waals surface area contributed by atoms with Crippen LogP contribution < -0.4 is 15.5 Å². The van der Waals surface area contributed by atoms with Crippen molar-refractivity contribution in [1.82, 2.24) is 25.4 Å². The lowest BCUT2D eigenvalue weighted by Crippen LogP contribution is -2.50. The summed E-state index contributed by atoms with van der Waals surface area (Å²) in [5.41, 5.74) is 2.89. The van der Waals surface area contributed by atoms with Gasteiger partial charge >= 0.3 is 12.1 Å². The number of carbonyl (C=O) groups excluding carboxylic acids is 1. The normalized spacial score (nSPS) is 17.8. The van der Waals surface area contributed by atoms with Crippen molar-refractivity contribution in [3.63, 3.8) is 0 Å². The van der Waals surface area contributed by atoms with Gasteiger partial charge in [-0.1, -0.05) is 30.3 Å². The smallest absolute Gasteiger partial charge is 0.404 e. The van der Waals surface area contributed by atoms with E-state index in [4.69, 9.17) is 5.11 Å². The maximum atomic E-state index is 13.3. The van der Waals surface area contributed by atoms with Crippen molar-refractivity contribution in [2.24, 2.45) is 7.05 Å². The number of benzene rings is 1. The Hall–Kier alpha value is -3.88. The van der Waals surface area contributed by atoms with E-state index in [9.17, 15) is 9.59 Å². The molecule has 0 aliphatic heterocycles. The Morgan fingerprint density at radius 2 is 1.82 bits per heavy atom. The second-order valence-electron chi connectivity index (χ2n) is 8.28. The molecule has 0 unspecified atom stereocenters. The molecule has 172 valence electrons. The number of anilines is 1. The lowest BCUT2D eigenvalue weighted by molar-refractivity contribution is 0.184. The van der Waals surface area contributed by atoms with Crippen molar-refractivity contribution in [3.8, 4) is 11.1 Å². The first-order chi connectivity index (χ1) is 16.0. The number of rotatable bonds is 6. The van der Waals surface area contributed by atoms with E-state index in [-0.39, 0.29) is 18.1 Å². The van der Waals surface area contributed by atoms with Gasteiger partial charge in [-0.3, -0.25) is 9.58 Å². The van der Waals surface area contributed by atoms with Crippen LogP contribution >= 0.6 is 0 Å². The molecule has 0 atom stereocenters. The second kappa shape index (κ2) is 10.2. The van der Waals surface area contributed by atoms with Crippen LogP contribution in [0.25, 0.3) is 11.1 Å². The van der Waals surface area contributed by atoms with E-state index in [0.717, 1.165) is 16.7 Å². The molecule has 3 aromatic rings. The van der Waals surface area contributed by atoms with Gasteiger partial charge in [-0.2, -0.15) is 5.10 Å².